The maximum absolute atomic E-state index is 9.11. The lowest BCUT2D eigenvalue weighted by atomic mass is 9.99. The molecule has 0 spiro atoms. The Morgan fingerprint density at radius 2 is 2.11 bits per heavy atom. The van der Waals surface area contributed by atoms with Crippen molar-refractivity contribution in [3.8, 4) is 6.07 Å². The standard InChI is InChI=1S/C16H16N2S/c17-9-6-15(13-4-2-1-3-5-13)18-10-7-16-14(12-18)8-11-19-16/h1-5,8,11,15H,6-7,10,12H2. The van der Waals surface area contributed by atoms with Crippen LogP contribution in [0.4, 0.5) is 0 Å². The van der Waals surface area contributed by atoms with Crippen LogP contribution >= 0.6 is 11.3 Å². The quantitative estimate of drug-likeness (QED) is 0.847. The largest absolute Gasteiger partial charge is 0.291 e. The first-order valence-electron chi connectivity index (χ1n) is 6.59. The molecule has 19 heavy (non-hydrogen) atoms. The number of nitrogens with zero attached hydrogens (tertiary/aromatic N) is 2. The normalized spacial score (nSPS) is 16.6. The van der Waals surface area contributed by atoms with Crippen LogP contribution in [0, 0.1) is 11.3 Å². The topological polar surface area (TPSA) is 27.0 Å². The minimum atomic E-state index is 0.222. The lowest BCUT2D eigenvalue weighted by molar-refractivity contribution is 0.182. The van der Waals surface area contributed by atoms with Gasteiger partial charge in [-0.25, -0.2) is 0 Å². The molecule has 3 rings (SSSR count). The Labute approximate surface area is 117 Å². The van der Waals surface area contributed by atoms with Crippen molar-refractivity contribution in [1.29, 1.82) is 5.26 Å². The van der Waals surface area contributed by atoms with Gasteiger partial charge >= 0.3 is 0 Å². The molecule has 0 aliphatic carbocycles. The van der Waals surface area contributed by atoms with Gasteiger partial charge in [-0.15, -0.1) is 11.3 Å². The molecule has 2 heterocycles. The van der Waals surface area contributed by atoms with Crippen LogP contribution in [-0.2, 0) is 13.0 Å². The van der Waals surface area contributed by atoms with E-state index in [1.807, 2.05) is 17.4 Å². The fraction of sp³-hybridized carbons (Fsp3) is 0.312. The molecule has 0 N–H and O–H groups in total. The third-order valence-electron chi connectivity index (χ3n) is 3.75. The monoisotopic (exact) mass is 268 g/mol. The van der Waals surface area contributed by atoms with Gasteiger partial charge in [0.25, 0.3) is 0 Å². The van der Waals surface area contributed by atoms with Crippen LogP contribution in [0.25, 0.3) is 0 Å². The number of fused-ring (bicyclic) bond motifs is 1. The minimum absolute atomic E-state index is 0.222. The fourth-order valence-corrected chi connectivity index (χ4v) is 3.65. The highest BCUT2D eigenvalue weighted by Gasteiger charge is 2.25. The first kappa shape index (κ1) is 12.4. The molecule has 2 nitrogen and oxygen atoms in total. The van der Waals surface area contributed by atoms with Gasteiger partial charge in [-0.1, -0.05) is 30.3 Å². The first-order chi connectivity index (χ1) is 9.38. The van der Waals surface area contributed by atoms with Gasteiger partial charge in [0.05, 0.1) is 12.5 Å². The molecule has 0 amide bonds. The molecule has 0 bridgehead atoms. The van der Waals surface area contributed by atoms with Crippen molar-refractivity contribution >= 4 is 11.3 Å². The third-order valence-corrected chi connectivity index (χ3v) is 4.77. The molecule has 1 aliphatic rings. The predicted octanol–water partition coefficient (Wildman–Crippen LogP) is 3.76. The molecule has 0 saturated carbocycles. The van der Waals surface area contributed by atoms with Crippen molar-refractivity contribution in [3.05, 3.63) is 57.8 Å². The number of hydrogen-bond donors (Lipinski definition) is 0. The highest BCUT2D eigenvalue weighted by Crippen LogP contribution is 2.31. The van der Waals surface area contributed by atoms with E-state index in [2.05, 4.69) is 46.7 Å². The average Bonchev–Trinajstić information content (AvgIpc) is 2.93. The molecule has 1 unspecified atom stereocenters. The molecule has 2 aromatic rings. The van der Waals surface area contributed by atoms with Crippen LogP contribution in [0.15, 0.2) is 41.8 Å². The number of nitriles is 1. The van der Waals surface area contributed by atoms with Crippen molar-refractivity contribution < 1.29 is 0 Å². The number of rotatable bonds is 3. The summed E-state index contributed by atoms with van der Waals surface area (Å²) in [6.45, 7) is 2.02. The predicted molar refractivity (Wildman–Crippen MR) is 77.8 cm³/mol. The summed E-state index contributed by atoms with van der Waals surface area (Å²) in [7, 11) is 0. The van der Waals surface area contributed by atoms with Crippen LogP contribution in [-0.4, -0.2) is 11.4 Å². The van der Waals surface area contributed by atoms with Crippen molar-refractivity contribution in [1.82, 2.24) is 4.90 Å². The second kappa shape index (κ2) is 5.56. The second-order valence-corrected chi connectivity index (χ2v) is 5.88. The van der Waals surface area contributed by atoms with E-state index in [0.29, 0.717) is 6.42 Å². The third kappa shape index (κ3) is 2.56. The molecule has 1 aromatic heterocycles. The van der Waals surface area contributed by atoms with Crippen molar-refractivity contribution in [2.75, 3.05) is 6.54 Å². The van der Waals surface area contributed by atoms with Gasteiger partial charge < -0.3 is 0 Å². The van der Waals surface area contributed by atoms with E-state index < -0.39 is 0 Å². The molecule has 1 aromatic carbocycles. The maximum atomic E-state index is 9.11. The summed E-state index contributed by atoms with van der Waals surface area (Å²) in [6, 6.07) is 15.2. The molecule has 96 valence electrons. The molecule has 0 fully saturated rings. The average molecular weight is 268 g/mol. The highest BCUT2D eigenvalue weighted by molar-refractivity contribution is 7.10. The zero-order valence-corrected chi connectivity index (χ0v) is 11.6. The molecule has 1 atom stereocenters. The van der Waals surface area contributed by atoms with E-state index >= 15 is 0 Å². The van der Waals surface area contributed by atoms with E-state index in [-0.39, 0.29) is 6.04 Å². The van der Waals surface area contributed by atoms with E-state index in [0.717, 1.165) is 19.5 Å². The Bertz CT molecular complexity index is 582. The molecule has 0 saturated heterocycles. The Balaban J connectivity index is 1.85. The van der Waals surface area contributed by atoms with Crippen molar-refractivity contribution in [3.63, 3.8) is 0 Å². The van der Waals surface area contributed by atoms with Gasteiger partial charge in [0, 0.05) is 24.0 Å². The van der Waals surface area contributed by atoms with Crippen LogP contribution in [0.1, 0.15) is 28.5 Å². The van der Waals surface area contributed by atoms with Gasteiger partial charge in [-0.05, 0) is 29.0 Å². The van der Waals surface area contributed by atoms with E-state index in [4.69, 9.17) is 5.26 Å². The second-order valence-electron chi connectivity index (χ2n) is 4.88. The number of hydrogen-bond acceptors (Lipinski definition) is 3. The zero-order valence-electron chi connectivity index (χ0n) is 10.7. The van der Waals surface area contributed by atoms with Crippen LogP contribution in [0.2, 0.25) is 0 Å². The Morgan fingerprint density at radius 3 is 2.89 bits per heavy atom. The lowest BCUT2D eigenvalue weighted by Crippen LogP contribution is -2.33. The molecule has 3 heteroatoms. The van der Waals surface area contributed by atoms with Gasteiger partial charge in [-0.3, -0.25) is 4.90 Å². The summed E-state index contributed by atoms with van der Waals surface area (Å²) in [5.41, 5.74) is 2.69. The summed E-state index contributed by atoms with van der Waals surface area (Å²) in [6.07, 6.45) is 1.67. The summed E-state index contributed by atoms with van der Waals surface area (Å²) in [4.78, 5) is 3.95. The minimum Gasteiger partial charge on any atom is -0.291 e. The molecular formula is C16H16N2S. The summed E-state index contributed by atoms with van der Waals surface area (Å²) >= 11 is 1.86. The van der Waals surface area contributed by atoms with Gasteiger partial charge in [0.1, 0.15) is 0 Å². The van der Waals surface area contributed by atoms with Crippen LogP contribution < -0.4 is 0 Å². The fourth-order valence-electron chi connectivity index (χ4n) is 2.76. The summed E-state index contributed by atoms with van der Waals surface area (Å²) in [5.74, 6) is 0. The van der Waals surface area contributed by atoms with Gasteiger partial charge in [0.2, 0.25) is 0 Å². The number of thiophene rings is 1. The van der Waals surface area contributed by atoms with Crippen molar-refractivity contribution in [2.24, 2.45) is 0 Å². The zero-order chi connectivity index (χ0) is 13.1. The van der Waals surface area contributed by atoms with Gasteiger partial charge in [-0.2, -0.15) is 5.26 Å². The summed E-state index contributed by atoms with van der Waals surface area (Å²) < 4.78 is 0. The van der Waals surface area contributed by atoms with Crippen molar-refractivity contribution in [2.45, 2.75) is 25.4 Å². The summed E-state index contributed by atoms with van der Waals surface area (Å²) in [5, 5.41) is 11.3. The molecule has 0 radical (unpaired) electrons. The number of benzene rings is 1. The molecular weight excluding hydrogens is 252 g/mol. The Hall–Kier alpha value is -1.63. The van der Waals surface area contributed by atoms with E-state index in [1.54, 1.807) is 0 Å². The maximum Gasteiger partial charge on any atom is 0.0641 e. The van der Waals surface area contributed by atoms with Crippen LogP contribution in [0.5, 0.6) is 0 Å². The smallest absolute Gasteiger partial charge is 0.0641 e. The first-order valence-corrected chi connectivity index (χ1v) is 7.47. The van der Waals surface area contributed by atoms with E-state index in [1.165, 1.54) is 16.0 Å². The Morgan fingerprint density at radius 1 is 1.26 bits per heavy atom. The lowest BCUT2D eigenvalue weighted by Gasteiger charge is -2.33. The molecule has 1 aliphatic heterocycles. The van der Waals surface area contributed by atoms with Crippen LogP contribution in [0.3, 0.4) is 0 Å². The SMILES string of the molecule is N#CCC(c1ccccc1)N1CCc2sccc2C1. The van der Waals surface area contributed by atoms with Gasteiger partial charge in [0.15, 0.2) is 0 Å². The van der Waals surface area contributed by atoms with E-state index in [9.17, 15) is 0 Å². The Kier molecular flexibility index (Phi) is 3.63. The highest BCUT2D eigenvalue weighted by atomic mass is 32.1.